The van der Waals surface area contributed by atoms with Gasteiger partial charge in [-0.25, -0.2) is 9.97 Å². The number of halogens is 3. The van der Waals surface area contributed by atoms with Crippen molar-refractivity contribution in [3.8, 4) is 11.4 Å². The van der Waals surface area contributed by atoms with Gasteiger partial charge in [0.15, 0.2) is 5.82 Å². The number of nitrogens with zero attached hydrogens (tertiary/aromatic N) is 2. The molecule has 1 aromatic heterocycles. The zero-order chi connectivity index (χ0) is 16.3. The summed E-state index contributed by atoms with van der Waals surface area (Å²) < 4.78 is 37.6. The summed E-state index contributed by atoms with van der Waals surface area (Å²) in [5.41, 5.74) is 6.72. The van der Waals surface area contributed by atoms with Crippen molar-refractivity contribution >= 4 is 0 Å². The lowest BCUT2D eigenvalue weighted by atomic mass is 10.00. The number of nitrogens with two attached hydrogens (primary N) is 1. The van der Waals surface area contributed by atoms with Gasteiger partial charge >= 0.3 is 6.18 Å². The summed E-state index contributed by atoms with van der Waals surface area (Å²) in [5.74, 6) is 0.846. The second kappa shape index (κ2) is 6.44. The third kappa shape index (κ3) is 4.04. The number of hydrogen-bond acceptors (Lipinski definition) is 3. The predicted octanol–water partition coefficient (Wildman–Crippen LogP) is 4.21. The smallest absolute Gasteiger partial charge is 0.324 e. The van der Waals surface area contributed by atoms with E-state index in [-0.39, 0.29) is 6.04 Å². The van der Waals surface area contributed by atoms with Crippen molar-refractivity contribution in [3.63, 3.8) is 0 Å². The summed E-state index contributed by atoms with van der Waals surface area (Å²) in [5, 5.41) is 0. The second-order valence-corrected chi connectivity index (χ2v) is 5.65. The highest BCUT2D eigenvalue weighted by molar-refractivity contribution is 5.55. The molecule has 0 aliphatic carbocycles. The minimum Gasteiger partial charge on any atom is -0.324 e. The molecule has 118 valence electrons. The first-order valence-corrected chi connectivity index (χ1v) is 7.02. The highest BCUT2D eigenvalue weighted by atomic mass is 19.4. The molecular weight excluding hydrogens is 291 g/mol. The minimum absolute atomic E-state index is 0.137. The summed E-state index contributed by atoms with van der Waals surface area (Å²) in [6.45, 7) is 4.16. The average molecular weight is 309 g/mol. The molecular formula is C16H18F3N3. The van der Waals surface area contributed by atoms with E-state index in [1.807, 2.05) is 0 Å². The van der Waals surface area contributed by atoms with Crippen molar-refractivity contribution in [2.24, 2.45) is 11.7 Å². The number of hydrogen-bond donors (Lipinski definition) is 1. The molecule has 0 saturated heterocycles. The van der Waals surface area contributed by atoms with Crippen LogP contribution in [0.25, 0.3) is 11.4 Å². The van der Waals surface area contributed by atoms with E-state index < -0.39 is 11.7 Å². The number of rotatable bonds is 4. The molecule has 2 aromatic rings. The van der Waals surface area contributed by atoms with Crippen molar-refractivity contribution in [1.29, 1.82) is 0 Å². The van der Waals surface area contributed by atoms with E-state index in [0.717, 1.165) is 24.1 Å². The first kappa shape index (κ1) is 16.4. The maximum atomic E-state index is 12.5. The molecule has 0 fully saturated rings. The Morgan fingerprint density at radius 1 is 1.05 bits per heavy atom. The summed E-state index contributed by atoms with van der Waals surface area (Å²) >= 11 is 0. The number of alkyl halides is 3. The quantitative estimate of drug-likeness (QED) is 0.920. The van der Waals surface area contributed by atoms with Gasteiger partial charge in [-0.05, 0) is 24.5 Å². The third-order valence-electron chi connectivity index (χ3n) is 3.30. The maximum Gasteiger partial charge on any atom is 0.416 e. The zero-order valence-corrected chi connectivity index (χ0v) is 12.4. The van der Waals surface area contributed by atoms with Gasteiger partial charge in [-0.15, -0.1) is 0 Å². The molecule has 1 heterocycles. The summed E-state index contributed by atoms with van der Waals surface area (Å²) in [6, 6.07) is 4.65. The summed E-state index contributed by atoms with van der Waals surface area (Å²) in [6.07, 6.45) is -0.254. The van der Waals surface area contributed by atoms with Crippen LogP contribution in [0.1, 0.15) is 37.4 Å². The molecule has 0 saturated carbocycles. The molecule has 0 amide bonds. The van der Waals surface area contributed by atoms with E-state index in [1.54, 1.807) is 12.4 Å². The molecule has 0 radical (unpaired) electrons. The molecule has 3 nitrogen and oxygen atoms in total. The van der Waals surface area contributed by atoms with Gasteiger partial charge < -0.3 is 5.73 Å². The van der Waals surface area contributed by atoms with Gasteiger partial charge in [0.25, 0.3) is 0 Å². The Bertz CT molecular complexity index is 604. The van der Waals surface area contributed by atoms with Crippen LogP contribution < -0.4 is 5.73 Å². The summed E-state index contributed by atoms with van der Waals surface area (Å²) in [7, 11) is 0. The fourth-order valence-electron chi connectivity index (χ4n) is 2.13. The van der Waals surface area contributed by atoms with Crippen molar-refractivity contribution in [3.05, 3.63) is 47.8 Å². The minimum atomic E-state index is -4.34. The van der Waals surface area contributed by atoms with E-state index in [4.69, 9.17) is 5.73 Å². The Labute approximate surface area is 127 Å². The van der Waals surface area contributed by atoms with Crippen LogP contribution in [0.2, 0.25) is 0 Å². The lowest BCUT2D eigenvalue weighted by Gasteiger charge is -2.14. The van der Waals surface area contributed by atoms with Crippen LogP contribution in [0.4, 0.5) is 13.2 Å². The van der Waals surface area contributed by atoms with Crippen molar-refractivity contribution in [1.82, 2.24) is 9.97 Å². The van der Waals surface area contributed by atoms with E-state index in [1.165, 1.54) is 12.1 Å². The molecule has 0 spiro atoms. The van der Waals surface area contributed by atoms with Gasteiger partial charge in [0.2, 0.25) is 0 Å². The molecule has 22 heavy (non-hydrogen) atoms. The number of benzene rings is 1. The van der Waals surface area contributed by atoms with E-state index in [2.05, 4.69) is 23.8 Å². The molecule has 1 aromatic carbocycles. The fraction of sp³-hybridized carbons (Fsp3) is 0.375. The highest BCUT2D eigenvalue weighted by Gasteiger charge is 2.30. The van der Waals surface area contributed by atoms with Crippen LogP contribution in [0.3, 0.4) is 0 Å². The Morgan fingerprint density at radius 3 is 2.05 bits per heavy atom. The molecule has 1 unspecified atom stereocenters. The van der Waals surface area contributed by atoms with Gasteiger partial charge in [-0.1, -0.05) is 26.0 Å². The monoisotopic (exact) mass is 309 g/mol. The van der Waals surface area contributed by atoms with Crippen LogP contribution in [0, 0.1) is 5.92 Å². The highest BCUT2D eigenvalue weighted by Crippen LogP contribution is 2.30. The van der Waals surface area contributed by atoms with Crippen LogP contribution >= 0.6 is 0 Å². The molecule has 2 N–H and O–H groups in total. The molecule has 0 aliphatic heterocycles. The normalized spacial score (nSPS) is 13.4. The van der Waals surface area contributed by atoms with Crippen molar-refractivity contribution in [2.45, 2.75) is 32.5 Å². The second-order valence-electron chi connectivity index (χ2n) is 5.65. The Morgan fingerprint density at radius 2 is 1.59 bits per heavy atom. The third-order valence-corrected chi connectivity index (χ3v) is 3.30. The molecule has 0 bridgehead atoms. The first-order chi connectivity index (χ1) is 10.3. The van der Waals surface area contributed by atoms with E-state index >= 15 is 0 Å². The van der Waals surface area contributed by atoms with Crippen LogP contribution in [-0.4, -0.2) is 9.97 Å². The Kier molecular flexibility index (Phi) is 4.81. The van der Waals surface area contributed by atoms with E-state index in [9.17, 15) is 13.2 Å². The van der Waals surface area contributed by atoms with Gasteiger partial charge in [0, 0.05) is 29.6 Å². The van der Waals surface area contributed by atoms with Crippen LogP contribution in [-0.2, 0) is 6.18 Å². The lowest BCUT2D eigenvalue weighted by Crippen LogP contribution is -2.13. The van der Waals surface area contributed by atoms with Gasteiger partial charge in [-0.2, -0.15) is 13.2 Å². The number of aromatic nitrogens is 2. The summed E-state index contributed by atoms with van der Waals surface area (Å²) in [4.78, 5) is 8.39. The van der Waals surface area contributed by atoms with Gasteiger partial charge in [0.1, 0.15) is 0 Å². The SMILES string of the molecule is CC(C)CC(N)c1cnc(-c2ccc(C(F)(F)F)cc2)nc1. The Balaban J connectivity index is 2.17. The van der Waals surface area contributed by atoms with Crippen LogP contribution in [0.5, 0.6) is 0 Å². The predicted molar refractivity (Wildman–Crippen MR) is 78.9 cm³/mol. The zero-order valence-electron chi connectivity index (χ0n) is 12.4. The van der Waals surface area contributed by atoms with Gasteiger partial charge in [0.05, 0.1) is 5.56 Å². The lowest BCUT2D eigenvalue weighted by molar-refractivity contribution is -0.137. The standard InChI is InChI=1S/C16H18F3N3/c1-10(2)7-14(20)12-8-21-15(22-9-12)11-3-5-13(6-4-11)16(17,18)19/h3-6,8-10,14H,7,20H2,1-2H3. The molecule has 1 atom stereocenters. The van der Waals surface area contributed by atoms with Gasteiger partial charge in [-0.3, -0.25) is 0 Å². The Hall–Kier alpha value is -1.95. The molecule has 0 aliphatic rings. The van der Waals surface area contributed by atoms with Crippen molar-refractivity contribution in [2.75, 3.05) is 0 Å². The largest absolute Gasteiger partial charge is 0.416 e. The molecule has 2 rings (SSSR count). The topological polar surface area (TPSA) is 51.8 Å². The van der Waals surface area contributed by atoms with Crippen LogP contribution in [0.15, 0.2) is 36.7 Å². The average Bonchev–Trinajstić information content (AvgIpc) is 2.46. The first-order valence-electron chi connectivity index (χ1n) is 7.02. The van der Waals surface area contributed by atoms with Crippen molar-refractivity contribution < 1.29 is 13.2 Å². The van der Waals surface area contributed by atoms with E-state index in [0.29, 0.717) is 17.3 Å². The fourth-order valence-corrected chi connectivity index (χ4v) is 2.13. The maximum absolute atomic E-state index is 12.5. The molecule has 6 heteroatoms.